The van der Waals surface area contributed by atoms with Crippen LogP contribution < -0.4 is 5.32 Å². The van der Waals surface area contributed by atoms with Crippen LogP contribution in [-0.2, 0) is 0 Å². The first kappa shape index (κ1) is 17.8. The molecule has 144 valence electrons. The minimum atomic E-state index is 0.00799. The number of hydrogen-bond acceptors (Lipinski definition) is 3. The van der Waals surface area contributed by atoms with Crippen LogP contribution >= 0.6 is 0 Å². The molecule has 7 nitrogen and oxygen atoms in total. The van der Waals surface area contributed by atoms with E-state index in [9.17, 15) is 9.59 Å². The van der Waals surface area contributed by atoms with Crippen molar-refractivity contribution in [3.05, 3.63) is 0 Å². The molecule has 3 heterocycles. The molecule has 0 aromatic rings. The van der Waals surface area contributed by atoms with Crippen molar-refractivity contribution in [3.8, 4) is 0 Å². The van der Waals surface area contributed by atoms with Gasteiger partial charge in [0.15, 0.2) is 0 Å². The van der Waals surface area contributed by atoms with Crippen LogP contribution in [0.15, 0.2) is 4.99 Å². The molecule has 1 N–H and O–H groups in total. The van der Waals surface area contributed by atoms with Gasteiger partial charge in [0.25, 0.3) is 0 Å². The van der Waals surface area contributed by atoms with Gasteiger partial charge in [0.2, 0.25) is 0 Å². The van der Waals surface area contributed by atoms with Crippen LogP contribution in [0.1, 0.15) is 51.9 Å². The van der Waals surface area contributed by atoms with Crippen molar-refractivity contribution in [2.75, 3.05) is 32.7 Å². The predicted molar refractivity (Wildman–Crippen MR) is 101 cm³/mol. The monoisotopic (exact) mass is 361 g/mol. The van der Waals surface area contributed by atoms with Crippen LogP contribution in [0.25, 0.3) is 0 Å². The molecule has 2 atom stereocenters. The molecule has 0 spiro atoms. The Kier molecular flexibility index (Phi) is 5.16. The van der Waals surface area contributed by atoms with Gasteiger partial charge in [-0.2, -0.15) is 0 Å². The number of nitrogens with one attached hydrogen (secondary N) is 1. The second kappa shape index (κ2) is 7.55. The van der Waals surface area contributed by atoms with E-state index in [0.717, 1.165) is 64.0 Å². The number of hydrogen-bond donors (Lipinski definition) is 1. The molecule has 1 aliphatic carbocycles. The van der Waals surface area contributed by atoms with Gasteiger partial charge in [0.05, 0.1) is 6.04 Å². The van der Waals surface area contributed by atoms with E-state index in [-0.39, 0.29) is 18.1 Å². The normalized spacial score (nSPS) is 30.5. The summed E-state index contributed by atoms with van der Waals surface area (Å²) in [5, 5.41) is 2.90. The molecule has 0 aromatic heterocycles. The summed E-state index contributed by atoms with van der Waals surface area (Å²) in [6.45, 7) is 6.35. The Morgan fingerprint density at radius 2 is 1.88 bits per heavy atom. The van der Waals surface area contributed by atoms with Crippen LogP contribution in [-0.4, -0.2) is 83.3 Å². The number of carbonyl (C=O) groups is 2. The van der Waals surface area contributed by atoms with Gasteiger partial charge in [-0.25, -0.2) is 14.6 Å². The summed E-state index contributed by atoms with van der Waals surface area (Å²) in [5.41, 5.74) is 1.14. The summed E-state index contributed by atoms with van der Waals surface area (Å²) in [7, 11) is 0. The van der Waals surface area contributed by atoms with Gasteiger partial charge in [0, 0.05) is 50.5 Å². The minimum Gasteiger partial charge on any atom is -0.338 e. The van der Waals surface area contributed by atoms with Crippen molar-refractivity contribution in [1.29, 1.82) is 0 Å². The molecule has 1 saturated carbocycles. The van der Waals surface area contributed by atoms with Gasteiger partial charge < -0.3 is 15.1 Å². The minimum absolute atomic E-state index is 0.00799. The van der Waals surface area contributed by atoms with E-state index in [2.05, 4.69) is 20.1 Å². The summed E-state index contributed by atoms with van der Waals surface area (Å²) in [6.07, 6.45) is 7.60. The zero-order valence-electron chi connectivity index (χ0n) is 15.8. The number of aliphatic imine (C=N–C) groups is 1. The third-order valence-corrected chi connectivity index (χ3v) is 6.53. The smallest absolute Gasteiger partial charge is 0.338 e. The van der Waals surface area contributed by atoms with Gasteiger partial charge >= 0.3 is 12.1 Å². The highest BCUT2D eigenvalue weighted by Gasteiger charge is 2.42. The predicted octanol–water partition coefficient (Wildman–Crippen LogP) is 2.07. The van der Waals surface area contributed by atoms with Gasteiger partial charge in [-0.1, -0.05) is 6.42 Å². The lowest BCUT2D eigenvalue weighted by Crippen LogP contribution is -2.52. The number of rotatable bonds is 3. The van der Waals surface area contributed by atoms with E-state index in [1.54, 1.807) is 0 Å². The van der Waals surface area contributed by atoms with E-state index in [1.807, 2.05) is 11.8 Å². The van der Waals surface area contributed by atoms with Gasteiger partial charge in [-0.3, -0.25) is 4.90 Å². The summed E-state index contributed by atoms with van der Waals surface area (Å²) in [4.78, 5) is 35.4. The van der Waals surface area contributed by atoms with Crippen LogP contribution in [0, 0.1) is 0 Å². The first-order chi connectivity index (χ1) is 12.7. The average molecular weight is 361 g/mol. The standard InChI is InChI=1S/C19H31N5O2/c1-2-20-18(25)23-12-9-15(13-23)22-10-7-14(8-11-22)24-17-6-4-3-5-16(17)21-19(24)26/h14-15,17H,2-13H2,1H3,(H,20,25)/t15?,17-/m1/s1. The van der Waals surface area contributed by atoms with Crippen molar-refractivity contribution in [2.24, 2.45) is 4.99 Å². The number of piperidine rings is 1. The molecular weight excluding hydrogens is 330 g/mol. The molecular formula is C19H31N5O2. The fraction of sp³-hybridized carbons (Fsp3) is 0.842. The maximum atomic E-state index is 12.4. The van der Waals surface area contributed by atoms with E-state index in [4.69, 9.17) is 0 Å². The number of urea groups is 2. The molecule has 26 heavy (non-hydrogen) atoms. The van der Waals surface area contributed by atoms with Crippen LogP contribution in [0.2, 0.25) is 0 Å². The lowest BCUT2D eigenvalue weighted by atomic mass is 9.91. The van der Waals surface area contributed by atoms with Gasteiger partial charge in [0.1, 0.15) is 0 Å². The Labute approximate surface area is 155 Å². The maximum absolute atomic E-state index is 12.4. The number of amides is 4. The molecule has 2 saturated heterocycles. The van der Waals surface area contributed by atoms with Crippen LogP contribution in [0.3, 0.4) is 0 Å². The third-order valence-electron chi connectivity index (χ3n) is 6.53. The number of likely N-dealkylation sites (tertiary alicyclic amines) is 2. The Hall–Kier alpha value is -1.63. The largest absolute Gasteiger partial charge is 0.344 e. The lowest BCUT2D eigenvalue weighted by Gasteiger charge is -2.41. The Morgan fingerprint density at radius 1 is 1.12 bits per heavy atom. The molecule has 4 amide bonds. The SMILES string of the molecule is CCNC(=O)N1CCC(N2CCC(N3C(=O)N=C4CCCC[C@H]43)CC2)C1. The van der Waals surface area contributed by atoms with Gasteiger partial charge in [-0.15, -0.1) is 0 Å². The van der Waals surface area contributed by atoms with E-state index in [0.29, 0.717) is 18.6 Å². The number of fused-ring (bicyclic) bond motifs is 1. The number of carbonyl (C=O) groups excluding carboxylic acids is 2. The lowest BCUT2D eigenvalue weighted by molar-refractivity contribution is 0.0939. The third kappa shape index (κ3) is 3.33. The summed E-state index contributed by atoms with van der Waals surface area (Å²) >= 11 is 0. The Morgan fingerprint density at radius 3 is 2.65 bits per heavy atom. The molecule has 3 fully saturated rings. The summed E-state index contributed by atoms with van der Waals surface area (Å²) in [6, 6.07) is 1.16. The fourth-order valence-corrected chi connectivity index (χ4v) is 5.15. The fourth-order valence-electron chi connectivity index (χ4n) is 5.15. The van der Waals surface area contributed by atoms with E-state index < -0.39 is 0 Å². The zero-order chi connectivity index (χ0) is 18.1. The number of nitrogens with zero attached hydrogens (tertiary/aromatic N) is 4. The molecule has 7 heteroatoms. The summed E-state index contributed by atoms with van der Waals surface area (Å²) in [5.74, 6) is 0. The molecule has 0 bridgehead atoms. The highest BCUT2D eigenvalue weighted by molar-refractivity contribution is 6.05. The van der Waals surface area contributed by atoms with Gasteiger partial charge in [-0.05, 0) is 45.4 Å². The first-order valence-electron chi connectivity index (χ1n) is 10.3. The van der Waals surface area contributed by atoms with E-state index in [1.165, 1.54) is 12.8 Å². The molecule has 4 rings (SSSR count). The second-order valence-corrected chi connectivity index (χ2v) is 8.05. The summed E-state index contributed by atoms with van der Waals surface area (Å²) < 4.78 is 0. The van der Waals surface area contributed by atoms with Crippen molar-refractivity contribution >= 4 is 17.8 Å². The molecule has 0 aromatic carbocycles. The van der Waals surface area contributed by atoms with Crippen molar-refractivity contribution in [1.82, 2.24) is 20.0 Å². The first-order valence-corrected chi connectivity index (χ1v) is 10.3. The molecule has 4 aliphatic rings. The Bertz CT molecular complexity index is 584. The highest BCUT2D eigenvalue weighted by atomic mass is 16.2. The topological polar surface area (TPSA) is 68.2 Å². The molecule has 1 unspecified atom stereocenters. The van der Waals surface area contributed by atoms with Crippen molar-refractivity contribution in [3.63, 3.8) is 0 Å². The molecule has 3 aliphatic heterocycles. The Balaban J connectivity index is 1.30. The highest BCUT2D eigenvalue weighted by Crippen LogP contribution is 2.32. The van der Waals surface area contributed by atoms with Crippen molar-refractivity contribution in [2.45, 2.75) is 70.0 Å². The zero-order valence-corrected chi connectivity index (χ0v) is 15.8. The van der Waals surface area contributed by atoms with Crippen LogP contribution in [0.5, 0.6) is 0 Å². The van der Waals surface area contributed by atoms with E-state index >= 15 is 0 Å². The second-order valence-electron chi connectivity index (χ2n) is 8.05. The molecule has 0 radical (unpaired) electrons. The maximum Gasteiger partial charge on any atom is 0.344 e. The van der Waals surface area contributed by atoms with Crippen LogP contribution in [0.4, 0.5) is 9.59 Å². The quantitative estimate of drug-likeness (QED) is 0.837. The average Bonchev–Trinajstić information content (AvgIpc) is 3.26. The van der Waals surface area contributed by atoms with Crippen molar-refractivity contribution < 1.29 is 9.59 Å².